The van der Waals surface area contributed by atoms with Gasteiger partial charge in [0.25, 0.3) is 0 Å². The lowest BCUT2D eigenvalue weighted by molar-refractivity contribution is 0.812. The summed E-state index contributed by atoms with van der Waals surface area (Å²) >= 11 is 0. The first-order valence-electron chi connectivity index (χ1n) is 7.33. The van der Waals surface area contributed by atoms with Crippen LogP contribution in [0.2, 0.25) is 0 Å². The van der Waals surface area contributed by atoms with Crippen molar-refractivity contribution in [2.75, 3.05) is 25.0 Å². The number of nitrogens with one attached hydrogen (secondary N) is 1. The van der Waals surface area contributed by atoms with Crippen LogP contribution < -0.4 is 10.2 Å². The molecule has 0 amide bonds. The Hall–Kier alpha value is -1.81. The molecule has 0 saturated carbocycles. The molecular weight excluding hydrogens is 248 g/mol. The van der Waals surface area contributed by atoms with Crippen molar-refractivity contribution in [2.24, 2.45) is 0 Å². The van der Waals surface area contributed by atoms with Crippen molar-refractivity contribution in [1.29, 1.82) is 0 Å². The molecular formula is C16H22N4. The second-order valence-corrected chi connectivity index (χ2v) is 5.43. The Morgan fingerprint density at radius 3 is 2.40 bits per heavy atom. The van der Waals surface area contributed by atoms with E-state index in [9.17, 15) is 0 Å². The number of hydrogen-bond donors (Lipinski definition) is 1. The zero-order valence-electron chi connectivity index (χ0n) is 12.3. The molecule has 0 spiro atoms. The minimum atomic E-state index is 0.859. The van der Waals surface area contributed by atoms with E-state index in [-0.39, 0.29) is 0 Å². The van der Waals surface area contributed by atoms with Crippen molar-refractivity contribution in [3.05, 3.63) is 41.7 Å². The fraction of sp³-hybridized carbons (Fsp3) is 0.438. The first-order valence-corrected chi connectivity index (χ1v) is 7.33. The highest BCUT2D eigenvalue weighted by Gasteiger charge is 2.12. The van der Waals surface area contributed by atoms with E-state index >= 15 is 0 Å². The molecule has 1 aliphatic rings. The van der Waals surface area contributed by atoms with Gasteiger partial charge in [0.05, 0.1) is 11.4 Å². The fourth-order valence-electron chi connectivity index (χ4n) is 2.78. The van der Waals surface area contributed by atoms with Crippen LogP contribution in [0.3, 0.4) is 0 Å². The maximum Gasteiger partial charge on any atom is 0.0647 e. The van der Waals surface area contributed by atoms with Gasteiger partial charge in [-0.05, 0) is 51.1 Å². The summed E-state index contributed by atoms with van der Waals surface area (Å²) in [5.74, 6) is 0. The maximum atomic E-state index is 4.59. The highest BCUT2D eigenvalue weighted by molar-refractivity contribution is 5.51. The van der Waals surface area contributed by atoms with Crippen LogP contribution in [0.4, 0.5) is 5.69 Å². The first kappa shape index (κ1) is 13.2. The number of nitrogens with zero attached hydrogens (tertiary/aromatic N) is 3. The van der Waals surface area contributed by atoms with E-state index < -0.39 is 0 Å². The molecule has 0 unspecified atom stereocenters. The van der Waals surface area contributed by atoms with E-state index in [2.05, 4.69) is 52.7 Å². The van der Waals surface area contributed by atoms with Gasteiger partial charge in [-0.3, -0.25) is 0 Å². The van der Waals surface area contributed by atoms with Gasteiger partial charge in [-0.1, -0.05) is 0 Å². The predicted octanol–water partition coefficient (Wildman–Crippen LogP) is 2.50. The second kappa shape index (κ2) is 5.67. The van der Waals surface area contributed by atoms with Gasteiger partial charge in [-0.2, -0.15) is 5.10 Å². The van der Waals surface area contributed by atoms with Crippen LogP contribution in [0.15, 0.2) is 30.5 Å². The Morgan fingerprint density at radius 1 is 1.10 bits per heavy atom. The quantitative estimate of drug-likeness (QED) is 0.926. The van der Waals surface area contributed by atoms with Gasteiger partial charge in [0.15, 0.2) is 0 Å². The fourth-order valence-corrected chi connectivity index (χ4v) is 2.78. The summed E-state index contributed by atoms with van der Waals surface area (Å²) in [6.07, 6.45) is 4.73. The Labute approximate surface area is 120 Å². The maximum absolute atomic E-state index is 4.59. The molecule has 1 saturated heterocycles. The van der Waals surface area contributed by atoms with Gasteiger partial charge in [0.2, 0.25) is 0 Å². The van der Waals surface area contributed by atoms with Crippen molar-refractivity contribution in [2.45, 2.75) is 26.3 Å². The predicted molar refractivity (Wildman–Crippen MR) is 82.5 cm³/mol. The number of anilines is 1. The zero-order valence-corrected chi connectivity index (χ0v) is 12.3. The summed E-state index contributed by atoms with van der Waals surface area (Å²) < 4.78 is 1.97. The van der Waals surface area contributed by atoms with Crippen LogP contribution in [-0.2, 0) is 6.54 Å². The van der Waals surface area contributed by atoms with Crippen molar-refractivity contribution >= 4 is 5.69 Å². The number of aromatic nitrogens is 2. The lowest BCUT2D eigenvalue weighted by atomic mass is 10.2. The Balaban J connectivity index is 1.81. The molecule has 4 heteroatoms. The summed E-state index contributed by atoms with van der Waals surface area (Å²) in [5.41, 5.74) is 4.78. The molecule has 106 valence electrons. The molecule has 0 aliphatic carbocycles. The lowest BCUT2D eigenvalue weighted by Crippen LogP contribution is -2.17. The molecule has 0 radical (unpaired) electrons. The highest BCUT2D eigenvalue weighted by Crippen LogP contribution is 2.22. The molecule has 0 bridgehead atoms. The van der Waals surface area contributed by atoms with E-state index in [4.69, 9.17) is 0 Å². The molecule has 3 rings (SSSR count). The number of benzene rings is 1. The average Bonchev–Trinajstić information content (AvgIpc) is 3.10. The summed E-state index contributed by atoms with van der Waals surface area (Å²) in [6.45, 7) is 5.29. The molecule has 20 heavy (non-hydrogen) atoms. The van der Waals surface area contributed by atoms with E-state index in [1.54, 1.807) is 0 Å². The van der Waals surface area contributed by atoms with Crippen molar-refractivity contribution < 1.29 is 0 Å². The highest BCUT2D eigenvalue weighted by atomic mass is 15.3. The van der Waals surface area contributed by atoms with E-state index in [1.165, 1.54) is 37.2 Å². The standard InChI is InChI=1S/C16H22N4/c1-13-14(11-17-2)12-20(18-13)16-7-5-15(6-8-16)19-9-3-4-10-19/h5-8,12,17H,3-4,9-11H2,1-2H3. The van der Waals surface area contributed by atoms with Gasteiger partial charge in [-0.25, -0.2) is 4.68 Å². The minimum absolute atomic E-state index is 0.859. The van der Waals surface area contributed by atoms with Crippen LogP contribution in [0.1, 0.15) is 24.1 Å². The molecule has 2 heterocycles. The van der Waals surface area contributed by atoms with Gasteiger partial charge in [-0.15, -0.1) is 0 Å². The van der Waals surface area contributed by atoms with Gasteiger partial charge in [0, 0.05) is 37.1 Å². The van der Waals surface area contributed by atoms with E-state index in [0.29, 0.717) is 0 Å². The van der Waals surface area contributed by atoms with Crippen molar-refractivity contribution in [3.8, 4) is 5.69 Å². The zero-order chi connectivity index (χ0) is 13.9. The average molecular weight is 270 g/mol. The van der Waals surface area contributed by atoms with Crippen LogP contribution in [0.5, 0.6) is 0 Å². The van der Waals surface area contributed by atoms with Gasteiger partial charge < -0.3 is 10.2 Å². The minimum Gasteiger partial charge on any atom is -0.372 e. The molecule has 1 aliphatic heterocycles. The lowest BCUT2D eigenvalue weighted by Gasteiger charge is -2.17. The smallest absolute Gasteiger partial charge is 0.0647 e. The molecule has 1 aromatic heterocycles. The molecule has 1 aromatic carbocycles. The number of aryl methyl sites for hydroxylation is 1. The topological polar surface area (TPSA) is 33.1 Å². The molecule has 1 fully saturated rings. The monoisotopic (exact) mass is 270 g/mol. The van der Waals surface area contributed by atoms with Crippen molar-refractivity contribution in [1.82, 2.24) is 15.1 Å². The second-order valence-electron chi connectivity index (χ2n) is 5.43. The van der Waals surface area contributed by atoms with Crippen LogP contribution >= 0.6 is 0 Å². The summed E-state index contributed by atoms with van der Waals surface area (Å²) in [5, 5.41) is 7.77. The summed E-state index contributed by atoms with van der Waals surface area (Å²) in [4.78, 5) is 2.45. The third kappa shape index (κ3) is 2.56. The number of hydrogen-bond acceptors (Lipinski definition) is 3. The molecule has 1 N–H and O–H groups in total. The van der Waals surface area contributed by atoms with Gasteiger partial charge >= 0.3 is 0 Å². The van der Waals surface area contributed by atoms with Crippen LogP contribution in [0, 0.1) is 6.92 Å². The Bertz CT molecular complexity index is 565. The summed E-state index contributed by atoms with van der Waals surface area (Å²) in [6, 6.07) is 8.72. The largest absolute Gasteiger partial charge is 0.372 e. The molecule has 2 aromatic rings. The van der Waals surface area contributed by atoms with E-state index in [0.717, 1.165) is 17.9 Å². The van der Waals surface area contributed by atoms with Gasteiger partial charge in [0.1, 0.15) is 0 Å². The van der Waals surface area contributed by atoms with Crippen LogP contribution in [0.25, 0.3) is 5.69 Å². The Morgan fingerprint density at radius 2 is 1.75 bits per heavy atom. The van der Waals surface area contributed by atoms with Crippen LogP contribution in [-0.4, -0.2) is 29.9 Å². The van der Waals surface area contributed by atoms with Crippen molar-refractivity contribution in [3.63, 3.8) is 0 Å². The molecule has 0 atom stereocenters. The summed E-state index contributed by atoms with van der Waals surface area (Å²) in [7, 11) is 1.96. The third-order valence-electron chi connectivity index (χ3n) is 3.95. The third-order valence-corrected chi connectivity index (χ3v) is 3.95. The Kier molecular flexibility index (Phi) is 3.74. The normalized spacial score (nSPS) is 15.0. The molecule has 4 nitrogen and oxygen atoms in total. The van der Waals surface area contributed by atoms with E-state index in [1.807, 2.05) is 11.7 Å². The number of rotatable bonds is 4. The first-order chi connectivity index (χ1) is 9.78. The SMILES string of the molecule is CNCc1cn(-c2ccc(N3CCCC3)cc2)nc1C.